The Kier molecular flexibility index (Phi) is 2.62. The summed E-state index contributed by atoms with van der Waals surface area (Å²) in [6, 6.07) is 0. The lowest BCUT2D eigenvalue weighted by molar-refractivity contribution is -0.135. The van der Waals surface area contributed by atoms with E-state index < -0.39 is 0 Å². The third kappa shape index (κ3) is 1.44. The highest BCUT2D eigenvalue weighted by molar-refractivity contribution is 5.87. The Labute approximate surface area is 67.1 Å². The first kappa shape index (κ1) is 8.68. The molecule has 1 aliphatic heterocycles. The minimum absolute atomic E-state index is 0.101. The van der Waals surface area contributed by atoms with Gasteiger partial charge in [0.15, 0.2) is 5.78 Å². The SMILES string of the molecule is CCC1(C(=O)COC)CNC1. The number of rotatable bonds is 4. The lowest BCUT2D eigenvalue weighted by Crippen LogP contribution is -2.58. The van der Waals surface area contributed by atoms with E-state index in [1.165, 1.54) is 0 Å². The quantitative estimate of drug-likeness (QED) is 0.633. The number of ketones is 1. The van der Waals surface area contributed by atoms with Crippen molar-refractivity contribution in [3.8, 4) is 0 Å². The molecule has 1 N–H and O–H groups in total. The van der Waals surface area contributed by atoms with Gasteiger partial charge in [0.05, 0.1) is 5.41 Å². The molecule has 0 saturated carbocycles. The van der Waals surface area contributed by atoms with Crippen molar-refractivity contribution in [3.05, 3.63) is 0 Å². The maximum Gasteiger partial charge on any atom is 0.167 e. The van der Waals surface area contributed by atoms with Crippen molar-refractivity contribution in [1.29, 1.82) is 0 Å². The van der Waals surface area contributed by atoms with Crippen molar-refractivity contribution in [1.82, 2.24) is 5.32 Å². The van der Waals surface area contributed by atoms with Gasteiger partial charge in [-0.25, -0.2) is 0 Å². The van der Waals surface area contributed by atoms with E-state index in [2.05, 4.69) is 12.2 Å². The fraction of sp³-hybridized carbons (Fsp3) is 0.875. The van der Waals surface area contributed by atoms with Crippen LogP contribution in [0.5, 0.6) is 0 Å². The van der Waals surface area contributed by atoms with Crippen LogP contribution in [-0.2, 0) is 9.53 Å². The largest absolute Gasteiger partial charge is 0.377 e. The summed E-state index contributed by atoms with van der Waals surface area (Å²) in [4.78, 5) is 11.4. The average molecular weight is 157 g/mol. The maximum absolute atomic E-state index is 11.4. The number of hydrogen-bond acceptors (Lipinski definition) is 3. The predicted molar refractivity (Wildman–Crippen MR) is 42.5 cm³/mol. The van der Waals surface area contributed by atoms with E-state index in [9.17, 15) is 4.79 Å². The summed E-state index contributed by atoms with van der Waals surface area (Å²) in [6.07, 6.45) is 0.919. The van der Waals surface area contributed by atoms with Gasteiger partial charge in [-0.15, -0.1) is 0 Å². The highest BCUT2D eigenvalue weighted by Crippen LogP contribution is 2.27. The Balaban J connectivity index is 2.47. The second-order valence-electron chi connectivity index (χ2n) is 3.09. The van der Waals surface area contributed by atoms with Crippen molar-refractivity contribution in [2.75, 3.05) is 26.8 Å². The zero-order valence-electron chi connectivity index (χ0n) is 7.14. The summed E-state index contributed by atoms with van der Waals surface area (Å²) in [6.45, 7) is 3.96. The zero-order valence-corrected chi connectivity index (χ0v) is 7.14. The Morgan fingerprint density at radius 1 is 1.64 bits per heavy atom. The molecule has 1 saturated heterocycles. The van der Waals surface area contributed by atoms with Crippen molar-refractivity contribution in [3.63, 3.8) is 0 Å². The molecule has 0 atom stereocenters. The summed E-state index contributed by atoms with van der Waals surface area (Å²) in [5.74, 6) is 0.237. The van der Waals surface area contributed by atoms with Gasteiger partial charge in [0.25, 0.3) is 0 Å². The smallest absolute Gasteiger partial charge is 0.167 e. The van der Waals surface area contributed by atoms with Crippen LogP contribution in [0.25, 0.3) is 0 Å². The monoisotopic (exact) mass is 157 g/mol. The van der Waals surface area contributed by atoms with Crippen LogP contribution in [0.3, 0.4) is 0 Å². The number of ether oxygens (including phenoxy) is 1. The molecule has 1 fully saturated rings. The molecule has 0 radical (unpaired) electrons. The Hall–Kier alpha value is -0.410. The van der Waals surface area contributed by atoms with Gasteiger partial charge in [0.1, 0.15) is 6.61 Å². The minimum atomic E-state index is -0.101. The Morgan fingerprint density at radius 2 is 2.27 bits per heavy atom. The number of nitrogens with one attached hydrogen (secondary N) is 1. The first-order valence-electron chi connectivity index (χ1n) is 3.98. The highest BCUT2D eigenvalue weighted by Gasteiger charge is 2.41. The van der Waals surface area contributed by atoms with Crippen LogP contribution in [0.1, 0.15) is 13.3 Å². The second-order valence-corrected chi connectivity index (χ2v) is 3.09. The predicted octanol–water partition coefficient (Wildman–Crippen LogP) is 0.201. The van der Waals surface area contributed by atoms with E-state index in [0.29, 0.717) is 0 Å². The maximum atomic E-state index is 11.4. The van der Waals surface area contributed by atoms with Gasteiger partial charge >= 0.3 is 0 Å². The molecular weight excluding hydrogens is 142 g/mol. The van der Waals surface area contributed by atoms with Gasteiger partial charge in [-0.1, -0.05) is 6.92 Å². The van der Waals surface area contributed by atoms with Crippen LogP contribution in [0.4, 0.5) is 0 Å². The highest BCUT2D eigenvalue weighted by atomic mass is 16.5. The molecule has 0 aromatic carbocycles. The molecule has 11 heavy (non-hydrogen) atoms. The first-order chi connectivity index (χ1) is 5.25. The third-order valence-corrected chi connectivity index (χ3v) is 2.47. The fourth-order valence-electron chi connectivity index (χ4n) is 1.36. The molecule has 64 valence electrons. The van der Waals surface area contributed by atoms with Crippen LogP contribution in [0.2, 0.25) is 0 Å². The molecule has 3 heteroatoms. The van der Waals surface area contributed by atoms with Crippen LogP contribution in [0.15, 0.2) is 0 Å². The first-order valence-corrected chi connectivity index (χ1v) is 3.98. The summed E-state index contributed by atoms with van der Waals surface area (Å²) >= 11 is 0. The molecule has 0 aromatic rings. The normalized spacial score (nSPS) is 20.9. The molecular formula is C8H15NO2. The van der Waals surface area contributed by atoms with Crippen LogP contribution >= 0.6 is 0 Å². The van der Waals surface area contributed by atoms with Gasteiger partial charge in [0.2, 0.25) is 0 Å². The Morgan fingerprint density at radius 3 is 2.55 bits per heavy atom. The van der Waals surface area contributed by atoms with Crippen molar-refractivity contribution < 1.29 is 9.53 Å². The van der Waals surface area contributed by atoms with E-state index in [-0.39, 0.29) is 17.8 Å². The molecule has 0 aliphatic carbocycles. The van der Waals surface area contributed by atoms with E-state index in [0.717, 1.165) is 19.5 Å². The average Bonchev–Trinajstić information content (AvgIpc) is 1.87. The summed E-state index contributed by atoms with van der Waals surface area (Å²) in [7, 11) is 1.56. The van der Waals surface area contributed by atoms with Gasteiger partial charge in [-0.3, -0.25) is 4.79 Å². The number of carbonyl (C=O) groups excluding carboxylic acids is 1. The topological polar surface area (TPSA) is 38.3 Å². The van der Waals surface area contributed by atoms with Gasteiger partial charge in [-0.2, -0.15) is 0 Å². The fourth-order valence-corrected chi connectivity index (χ4v) is 1.36. The number of hydrogen-bond donors (Lipinski definition) is 1. The molecule has 0 spiro atoms. The van der Waals surface area contributed by atoms with Gasteiger partial charge < -0.3 is 10.1 Å². The molecule has 3 nitrogen and oxygen atoms in total. The molecule has 1 aliphatic rings. The van der Waals surface area contributed by atoms with E-state index in [4.69, 9.17) is 4.74 Å². The van der Waals surface area contributed by atoms with Crippen molar-refractivity contribution in [2.24, 2.45) is 5.41 Å². The summed E-state index contributed by atoms with van der Waals surface area (Å²) < 4.78 is 4.81. The van der Waals surface area contributed by atoms with Gasteiger partial charge in [-0.05, 0) is 6.42 Å². The zero-order chi connectivity index (χ0) is 8.32. The van der Waals surface area contributed by atoms with Gasteiger partial charge in [0, 0.05) is 20.2 Å². The van der Waals surface area contributed by atoms with Crippen molar-refractivity contribution in [2.45, 2.75) is 13.3 Å². The van der Waals surface area contributed by atoms with Crippen LogP contribution < -0.4 is 5.32 Å². The lowest BCUT2D eigenvalue weighted by atomic mass is 9.75. The summed E-state index contributed by atoms with van der Waals surface area (Å²) in [5.41, 5.74) is -0.101. The van der Waals surface area contributed by atoms with E-state index >= 15 is 0 Å². The molecule has 1 rings (SSSR count). The van der Waals surface area contributed by atoms with E-state index in [1.807, 2.05) is 0 Å². The number of methoxy groups -OCH3 is 1. The van der Waals surface area contributed by atoms with Crippen LogP contribution in [-0.4, -0.2) is 32.6 Å². The Bertz CT molecular complexity index is 147. The van der Waals surface area contributed by atoms with E-state index in [1.54, 1.807) is 7.11 Å². The number of carbonyl (C=O) groups is 1. The standard InChI is InChI=1S/C8H15NO2/c1-3-8(5-9-6-8)7(10)4-11-2/h9H,3-6H2,1-2H3. The molecule has 0 amide bonds. The van der Waals surface area contributed by atoms with Crippen molar-refractivity contribution >= 4 is 5.78 Å². The lowest BCUT2D eigenvalue weighted by Gasteiger charge is -2.40. The van der Waals surface area contributed by atoms with Crippen LogP contribution in [0, 0.1) is 5.41 Å². The molecule has 0 aromatic heterocycles. The molecule has 1 heterocycles. The second kappa shape index (κ2) is 3.32. The molecule has 0 bridgehead atoms. The third-order valence-electron chi connectivity index (χ3n) is 2.47. The number of Topliss-reactive ketones (excluding diaryl/α,β-unsaturated/α-hetero) is 1. The minimum Gasteiger partial charge on any atom is -0.377 e. The molecule has 0 unspecified atom stereocenters. The summed E-state index contributed by atoms with van der Waals surface area (Å²) in [5, 5.41) is 3.12.